The molecule has 0 saturated carbocycles. The van der Waals surface area contributed by atoms with Gasteiger partial charge in [0.2, 0.25) is 5.91 Å². The molecule has 0 aliphatic carbocycles. The number of ether oxygens (including phenoxy) is 2. The van der Waals surface area contributed by atoms with Gasteiger partial charge in [0.15, 0.2) is 6.61 Å². The summed E-state index contributed by atoms with van der Waals surface area (Å²) in [6.45, 7) is 1.74. The third-order valence-electron chi connectivity index (χ3n) is 3.91. The minimum atomic E-state index is -0.682. The van der Waals surface area contributed by atoms with Gasteiger partial charge in [-0.15, -0.1) is 0 Å². The standard InChI is InChI=1S/C22H23ClN2O6/c1-2-13-30-22(29)15-7-9-16(10-8-15)24-20(27)14-31-21(28)12-11-19(26)25-18-6-4-3-5-17(18)23/h3-10H,2,11-14H2,1H3,(H,24,27)(H,25,26). The zero-order chi connectivity index (χ0) is 22.6. The van der Waals surface area contributed by atoms with Crippen LogP contribution in [0.3, 0.4) is 0 Å². The van der Waals surface area contributed by atoms with Gasteiger partial charge >= 0.3 is 11.9 Å². The average Bonchev–Trinajstić information content (AvgIpc) is 2.76. The Morgan fingerprint density at radius 1 is 0.871 bits per heavy atom. The molecule has 2 aromatic rings. The molecule has 0 saturated heterocycles. The van der Waals surface area contributed by atoms with Gasteiger partial charge in [0.1, 0.15) is 0 Å². The largest absolute Gasteiger partial charge is 0.462 e. The summed E-state index contributed by atoms with van der Waals surface area (Å²) in [4.78, 5) is 47.3. The normalized spacial score (nSPS) is 10.1. The van der Waals surface area contributed by atoms with Crippen LogP contribution in [0.2, 0.25) is 5.02 Å². The van der Waals surface area contributed by atoms with E-state index in [1.165, 1.54) is 12.1 Å². The van der Waals surface area contributed by atoms with Gasteiger partial charge < -0.3 is 20.1 Å². The van der Waals surface area contributed by atoms with Gasteiger partial charge in [-0.2, -0.15) is 0 Å². The monoisotopic (exact) mass is 446 g/mol. The fraction of sp³-hybridized carbons (Fsp3) is 0.273. The predicted octanol–water partition coefficient (Wildman–Crippen LogP) is 3.81. The minimum Gasteiger partial charge on any atom is -0.462 e. The van der Waals surface area contributed by atoms with Crippen LogP contribution in [0, 0.1) is 0 Å². The third kappa shape index (κ3) is 8.47. The second kappa shape index (κ2) is 12.3. The predicted molar refractivity (Wildman–Crippen MR) is 116 cm³/mol. The van der Waals surface area contributed by atoms with Crippen LogP contribution in [-0.2, 0) is 23.9 Å². The Labute approximate surface area is 184 Å². The summed E-state index contributed by atoms with van der Waals surface area (Å²) in [7, 11) is 0. The third-order valence-corrected chi connectivity index (χ3v) is 4.24. The first-order chi connectivity index (χ1) is 14.9. The topological polar surface area (TPSA) is 111 Å². The number of anilines is 2. The number of rotatable bonds is 10. The molecule has 2 aromatic carbocycles. The molecule has 0 radical (unpaired) electrons. The number of nitrogens with one attached hydrogen (secondary N) is 2. The van der Waals surface area contributed by atoms with Crippen molar-refractivity contribution in [1.82, 2.24) is 0 Å². The first-order valence-corrected chi connectivity index (χ1v) is 10.0. The number of carbonyl (C=O) groups excluding carboxylic acids is 4. The number of carbonyl (C=O) groups is 4. The maximum atomic E-state index is 11.9. The molecule has 0 fully saturated rings. The van der Waals surface area contributed by atoms with E-state index in [2.05, 4.69) is 10.6 Å². The van der Waals surface area contributed by atoms with Crippen LogP contribution in [-0.4, -0.2) is 37.0 Å². The van der Waals surface area contributed by atoms with Crippen LogP contribution in [0.1, 0.15) is 36.5 Å². The molecular formula is C22H23ClN2O6. The fourth-order valence-corrected chi connectivity index (χ4v) is 2.56. The van der Waals surface area contributed by atoms with Crippen molar-refractivity contribution in [1.29, 1.82) is 0 Å². The van der Waals surface area contributed by atoms with Crippen molar-refractivity contribution >= 4 is 46.7 Å². The first-order valence-electron chi connectivity index (χ1n) is 9.66. The summed E-state index contributed by atoms with van der Waals surface area (Å²) in [5.41, 5.74) is 1.26. The second-order valence-electron chi connectivity index (χ2n) is 6.45. The maximum absolute atomic E-state index is 11.9. The van der Waals surface area contributed by atoms with Crippen molar-refractivity contribution in [2.45, 2.75) is 26.2 Å². The van der Waals surface area contributed by atoms with Crippen LogP contribution in [0.25, 0.3) is 0 Å². The van der Waals surface area contributed by atoms with E-state index in [0.29, 0.717) is 28.6 Å². The van der Waals surface area contributed by atoms with Crippen LogP contribution < -0.4 is 10.6 Å². The number of hydrogen-bond donors (Lipinski definition) is 2. The lowest BCUT2D eigenvalue weighted by molar-refractivity contribution is -0.147. The Balaban J connectivity index is 1.69. The molecule has 2 rings (SSSR count). The van der Waals surface area contributed by atoms with E-state index in [1.807, 2.05) is 6.92 Å². The van der Waals surface area contributed by atoms with Crippen molar-refractivity contribution in [3.8, 4) is 0 Å². The minimum absolute atomic E-state index is 0.110. The number of amides is 2. The summed E-state index contributed by atoms with van der Waals surface area (Å²) in [5.74, 6) is -2.06. The smallest absolute Gasteiger partial charge is 0.338 e. The lowest BCUT2D eigenvalue weighted by Gasteiger charge is -2.08. The molecule has 0 heterocycles. The second-order valence-corrected chi connectivity index (χ2v) is 6.86. The average molecular weight is 447 g/mol. The van der Waals surface area contributed by atoms with Gasteiger partial charge in [-0.25, -0.2) is 4.79 Å². The van der Waals surface area contributed by atoms with Crippen LogP contribution in [0.15, 0.2) is 48.5 Å². The van der Waals surface area contributed by atoms with Gasteiger partial charge in [0.25, 0.3) is 5.91 Å². The Kier molecular flexibility index (Phi) is 9.51. The summed E-state index contributed by atoms with van der Waals surface area (Å²) in [6, 6.07) is 12.9. The molecule has 0 atom stereocenters. The molecule has 0 bridgehead atoms. The summed E-state index contributed by atoms with van der Waals surface area (Å²) in [5, 5.41) is 5.53. The van der Waals surface area contributed by atoms with Gasteiger partial charge in [-0.05, 0) is 42.8 Å². The zero-order valence-corrected chi connectivity index (χ0v) is 17.7. The van der Waals surface area contributed by atoms with E-state index in [-0.39, 0.29) is 12.8 Å². The molecule has 0 aliphatic rings. The highest BCUT2D eigenvalue weighted by Gasteiger charge is 2.12. The van der Waals surface area contributed by atoms with Crippen LogP contribution in [0.5, 0.6) is 0 Å². The fourth-order valence-electron chi connectivity index (χ4n) is 2.37. The van der Waals surface area contributed by atoms with Crippen molar-refractivity contribution in [2.24, 2.45) is 0 Å². The molecular weight excluding hydrogens is 424 g/mol. The quantitative estimate of drug-likeness (QED) is 0.537. The summed E-state index contributed by atoms with van der Waals surface area (Å²) >= 11 is 5.95. The van der Waals surface area contributed by atoms with E-state index < -0.39 is 30.4 Å². The molecule has 9 heteroatoms. The van der Waals surface area contributed by atoms with E-state index >= 15 is 0 Å². The summed E-state index contributed by atoms with van der Waals surface area (Å²) in [6.07, 6.45) is 0.435. The SMILES string of the molecule is CCCOC(=O)c1ccc(NC(=O)COC(=O)CCC(=O)Nc2ccccc2Cl)cc1. The molecule has 0 spiro atoms. The number of halogens is 1. The van der Waals surface area contributed by atoms with Crippen molar-refractivity contribution in [3.63, 3.8) is 0 Å². The Morgan fingerprint density at radius 2 is 1.58 bits per heavy atom. The Hall–Kier alpha value is -3.39. The lowest BCUT2D eigenvalue weighted by atomic mass is 10.2. The van der Waals surface area contributed by atoms with Crippen LogP contribution >= 0.6 is 11.6 Å². The Morgan fingerprint density at radius 3 is 2.26 bits per heavy atom. The molecule has 31 heavy (non-hydrogen) atoms. The highest BCUT2D eigenvalue weighted by atomic mass is 35.5. The molecule has 0 unspecified atom stereocenters. The van der Waals surface area contributed by atoms with Crippen molar-refractivity contribution in [2.75, 3.05) is 23.8 Å². The molecule has 2 amide bonds. The van der Waals surface area contributed by atoms with E-state index in [9.17, 15) is 19.2 Å². The number of para-hydroxylation sites is 1. The van der Waals surface area contributed by atoms with Crippen molar-refractivity contribution < 1.29 is 28.7 Å². The molecule has 0 aliphatic heterocycles. The van der Waals surface area contributed by atoms with Gasteiger partial charge in [-0.1, -0.05) is 30.7 Å². The van der Waals surface area contributed by atoms with Crippen LogP contribution in [0.4, 0.5) is 11.4 Å². The molecule has 164 valence electrons. The molecule has 8 nitrogen and oxygen atoms in total. The highest BCUT2D eigenvalue weighted by molar-refractivity contribution is 6.33. The van der Waals surface area contributed by atoms with E-state index in [4.69, 9.17) is 21.1 Å². The van der Waals surface area contributed by atoms with Gasteiger partial charge in [0, 0.05) is 12.1 Å². The lowest BCUT2D eigenvalue weighted by Crippen LogP contribution is -2.21. The van der Waals surface area contributed by atoms with E-state index in [0.717, 1.165) is 6.42 Å². The molecule has 2 N–H and O–H groups in total. The maximum Gasteiger partial charge on any atom is 0.338 e. The van der Waals surface area contributed by atoms with Crippen molar-refractivity contribution in [3.05, 3.63) is 59.1 Å². The van der Waals surface area contributed by atoms with E-state index in [1.54, 1.807) is 36.4 Å². The highest BCUT2D eigenvalue weighted by Crippen LogP contribution is 2.20. The molecule has 0 aromatic heterocycles. The zero-order valence-electron chi connectivity index (χ0n) is 17.0. The number of hydrogen-bond acceptors (Lipinski definition) is 6. The van der Waals surface area contributed by atoms with Gasteiger partial charge in [-0.3, -0.25) is 14.4 Å². The number of benzene rings is 2. The Bertz CT molecular complexity index is 930. The van der Waals surface area contributed by atoms with Gasteiger partial charge in [0.05, 0.1) is 29.3 Å². The summed E-state index contributed by atoms with van der Waals surface area (Å²) < 4.78 is 9.90. The number of esters is 2. The first kappa shape index (κ1) is 23.9.